The molecule has 0 unspecified atom stereocenters. The van der Waals surface area contributed by atoms with Crippen LogP contribution < -0.4 is 4.72 Å². The fraction of sp³-hybridized carbons (Fsp3) is 0.316. The number of anilines is 1. The van der Waals surface area contributed by atoms with E-state index in [0.717, 1.165) is 31.7 Å². The van der Waals surface area contributed by atoms with Gasteiger partial charge in [-0.2, -0.15) is 0 Å². The molecule has 0 radical (unpaired) electrons. The van der Waals surface area contributed by atoms with Gasteiger partial charge in [-0.25, -0.2) is 13.2 Å². The molecule has 2 rings (SSSR count). The summed E-state index contributed by atoms with van der Waals surface area (Å²) in [5.74, 6) is -0.468. The van der Waals surface area contributed by atoms with E-state index < -0.39 is 20.9 Å². The molecule has 0 saturated heterocycles. The van der Waals surface area contributed by atoms with Crippen LogP contribution in [0.3, 0.4) is 0 Å². The summed E-state index contributed by atoms with van der Waals surface area (Å²) in [6.07, 6.45) is 4.00. The molecular weight excluding hydrogens is 384 g/mol. The SMILES string of the molecule is CCCCCCOC(=O)c1ccc(NS(=O)(=O)c2cccc([N+](=O)[O-])c2)cc1. The number of carbonyl (C=O) groups excluding carboxylic acids is 1. The number of ether oxygens (including phenoxy) is 1. The van der Waals surface area contributed by atoms with Crippen molar-refractivity contribution in [2.24, 2.45) is 0 Å². The van der Waals surface area contributed by atoms with Crippen LogP contribution in [-0.4, -0.2) is 25.9 Å². The third kappa shape index (κ3) is 6.05. The Hall–Kier alpha value is -2.94. The number of unbranched alkanes of at least 4 members (excludes halogenated alkanes) is 3. The summed E-state index contributed by atoms with van der Waals surface area (Å²) < 4.78 is 32.3. The molecule has 0 bridgehead atoms. The summed E-state index contributed by atoms with van der Waals surface area (Å²) >= 11 is 0. The lowest BCUT2D eigenvalue weighted by Gasteiger charge is -2.09. The fourth-order valence-electron chi connectivity index (χ4n) is 2.43. The van der Waals surface area contributed by atoms with E-state index >= 15 is 0 Å². The molecule has 0 atom stereocenters. The Bertz CT molecular complexity index is 926. The topological polar surface area (TPSA) is 116 Å². The van der Waals surface area contributed by atoms with Crippen LogP contribution in [0, 0.1) is 10.1 Å². The molecule has 0 saturated carbocycles. The van der Waals surface area contributed by atoms with Gasteiger partial charge < -0.3 is 4.74 Å². The van der Waals surface area contributed by atoms with Gasteiger partial charge in [0.2, 0.25) is 0 Å². The number of esters is 1. The average molecular weight is 406 g/mol. The first kappa shape index (κ1) is 21.4. The van der Waals surface area contributed by atoms with E-state index in [-0.39, 0.29) is 16.3 Å². The first-order valence-corrected chi connectivity index (χ1v) is 10.4. The summed E-state index contributed by atoms with van der Waals surface area (Å²) in [6, 6.07) is 10.5. The number of non-ortho nitro benzene ring substituents is 1. The smallest absolute Gasteiger partial charge is 0.338 e. The van der Waals surface area contributed by atoms with Crippen molar-refractivity contribution in [3.63, 3.8) is 0 Å². The highest BCUT2D eigenvalue weighted by atomic mass is 32.2. The van der Waals surface area contributed by atoms with Crippen molar-refractivity contribution in [2.75, 3.05) is 11.3 Å². The van der Waals surface area contributed by atoms with Gasteiger partial charge in [0.05, 0.1) is 22.0 Å². The normalized spacial score (nSPS) is 11.0. The van der Waals surface area contributed by atoms with E-state index in [2.05, 4.69) is 11.6 Å². The van der Waals surface area contributed by atoms with Gasteiger partial charge >= 0.3 is 5.97 Å². The van der Waals surface area contributed by atoms with Gasteiger partial charge in [0.25, 0.3) is 15.7 Å². The molecule has 0 aliphatic carbocycles. The number of rotatable bonds is 10. The summed E-state index contributed by atoms with van der Waals surface area (Å²) in [6.45, 7) is 2.45. The van der Waals surface area contributed by atoms with E-state index in [0.29, 0.717) is 12.2 Å². The van der Waals surface area contributed by atoms with Crippen LogP contribution in [0.4, 0.5) is 11.4 Å². The van der Waals surface area contributed by atoms with Crippen molar-refractivity contribution < 1.29 is 22.9 Å². The molecule has 0 aliphatic rings. The van der Waals surface area contributed by atoms with Crippen molar-refractivity contribution in [2.45, 2.75) is 37.5 Å². The number of nitro groups is 1. The van der Waals surface area contributed by atoms with Gasteiger partial charge in [0.1, 0.15) is 0 Å². The summed E-state index contributed by atoms with van der Waals surface area (Å²) in [5, 5.41) is 10.8. The molecule has 8 nitrogen and oxygen atoms in total. The Morgan fingerprint density at radius 1 is 1.11 bits per heavy atom. The highest BCUT2D eigenvalue weighted by Crippen LogP contribution is 2.21. The predicted molar refractivity (Wildman–Crippen MR) is 105 cm³/mol. The number of hydrogen-bond acceptors (Lipinski definition) is 6. The molecule has 2 aromatic carbocycles. The van der Waals surface area contributed by atoms with E-state index in [1.54, 1.807) is 0 Å². The maximum absolute atomic E-state index is 12.4. The van der Waals surface area contributed by atoms with Gasteiger partial charge in [0.15, 0.2) is 0 Å². The van der Waals surface area contributed by atoms with Gasteiger partial charge in [-0.15, -0.1) is 0 Å². The maximum Gasteiger partial charge on any atom is 0.338 e. The van der Waals surface area contributed by atoms with E-state index in [1.165, 1.54) is 42.5 Å². The zero-order chi connectivity index (χ0) is 20.6. The zero-order valence-corrected chi connectivity index (χ0v) is 16.3. The van der Waals surface area contributed by atoms with E-state index in [4.69, 9.17) is 4.74 Å². The number of nitrogens with zero attached hydrogens (tertiary/aromatic N) is 1. The number of sulfonamides is 1. The standard InChI is InChI=1S/C19H22N2O6S/c1-2-3-4-5-13-27-19(22)15-9-11-16(12-10-15)20-28(25,26)18-8-6-7-17(14-18)21(23)24/h6-12,14,20H,2-5,13H2,1H3. The molecule has 0 aromatic heterocycles. The van der Waals surface area contributed by atoms with Crippen molar-refractivity contribution >= 4 is 27.4 Å². The number of carbonyl (C=O) groups is 1. The third-order valence-electron chi connectivity index (χ3n) is 3.94. The van der Waals surface area contributed by atoms with Gasteiger partial charge in [-0.05, 0) is 36.8 Å². The van der Waals surface area contributed by atoms with Crippen molar-refractivity contribution in [3.8, 4) is 0 Å². The lowest BCUT2D eigenvalue weighted by Crippen LogP contribution is -2.13. The number of hydrogen-bond donors (Lipinski definition) is 1. The van der Waals surface area contributed by atoms with E-state index in [1.807, 2.05) is 0 Å². The Morgan fingerprint density at radius 2 is 1.82 bits per heavy atom. The number of nitrogens with one attached hydrogen (secondary N) is 1. The molecule has 2 aromatic rings. The largest absolute Gasteiger partial charge is 0.462 e. The van der Waals surface area contributed by atoms with Crippen LogP contribution in [-0.2, 0) is 14.8 Å². The van der Waals surface area contributed by atoms with Crippen LogP contribution in [0.5, 0.6) is 0 Å². The molecule has 28 heavy (non-hydrogen) atoms. The first-order chi connectivity index (χ1) is 13.3. The number of benzene rings is 2. The van der Waals surface area contributed by atoms with Crippen molar-refractivity contribution in [1.29, 1.82) is 0 Å². The lowest BCUT2D eigenvalue weighted by molar-refractivity contribution is -0.385. The number of nitro benzene ring substituents is 1. The van der Waals surface area contributed by atoms with Gasteiger partial charge in [-0.3, -0.25) is 14.8 Å². The highest BCUT2D eigenvalue weighted by Gasteiger charge is 2.18. The second kappa shape index (κ2) is 9.84. The molecular formula is C19H22N2O6S. The summed E-state index contributed by atoms with van der Waals surface area (Å²) in [5.41, 5.74) is 0.222. The first-order valence-electron chi connectivity index (χ1n) is 8.88. The van der Waals surface area contributed by atoms with Crippen molar-refractivity contribution in [3.05, 3.63) is 64.2 Å². The third-order valence-corrected chi connectivity index (χ3v) is 5.32. The minimum absolute atomic E-state index is 0.225. The minimum Gasteiger partial charge on any atom is -0.462 e. The fourth-order valence-corrected chi connectivity index (χ4v) is 3.53. The predicted octanol–water partition coefficient (Wildman–Crippen LogP) is 4.13. The van der Waals surface area contributed by atoms with Crippen LogP contribution >= 0.6 is 0 Å². The van der Waals surface area contributed by atoms with Crippen LogP contribution in [0.1, 0.15) is 43.0 Å². The van der Waals surface area contributed by atoms with Crippen LogP contribution in [0.2, 0.25) is 0 Å². The van der Waals surface area contributed by atoms with Crippen LogP contribution in [0.15, 0.2) is 53.4 Å². The molecule has 1 N–H and O–H groups in total. The molecule has 150 valence electrons. The second-order valence-electron chi connectivity index (χ2n) is 6.13. The Labute approximate surface area is 163 Å². The lowest BCUT2D eigenvalue weighted by atomic mass is 10.2. The molecule has 0 spiro atoms. The Morgan fingerprint density at radius 3 is 2.46 bits per heavy atom. The van der Waals surface area contributed by atoms with Gasteiger partial charge in [-0.1, -0.05) is 32.3 Å². The average Bonchev–Trinajstić information content (AvgIpc) is 2.68. The molecule has 9 heteroatoms. The molecule has 0 heterocycles. The molecule has 0 fully saturated rings. The van der Waals surface area contributed by atoms with Crippen molar-refractivity contribution in [1.82, 2.24) is 0 Å². The van der Waals surface area contributed by atoms with Gasteiger partial charge in [0, 0.05) is 17.8 Å². The summed E-state index contributed by atoms with van der Waals surface area (Å²) in [7, 11) is -4.00. The highest BCUT2D eigenvalue weighted by molar-refractivity contribution is 7.92. The van der Waals surface area contributed by atoms with Crippen LogP contribution in [0.25, 0.3) is 0 Å². The second-order valence-corrected chi connectivity index (χ2v) is 7.82. The van der Waals surface area contributed by atoms with E-state index in [9.17, 15) is 23.3 Å². The Balaban J connectivity index is 2.00. The molecule has 0 aliphatic heterocycles. The quantitative estimate of drug-likeness (QED) is 0.274. The molecule has 0 amide bonds. The maximum atomic E-state index is 12.4. The monoisotopic (exact) mass is 406 g/mol. The summed E-state index contributed by atoms with van der Waals surface area (Å²) in [4.78, 5) is 21.9. The Kier molecular flexibility index (Phi) is 7.51. The zero-order valence-electron chi connectivity index (χ0n) is 15.5. The minimum atomic E-state index is -4.00.